The zero-order valence-corrected chi connectivity index (χ0v) is 8.30. The molecule has 1 aromatic rings. The smallest absolute Gasteiger partial charge is 0.109 e. The molecule has 0 unspecified atom stereocenters. The molecule has 13 heavy (non-hydrogen) atoms. The predicted molar refractivity (Wildman–Crippen MR) is 52.7 cm³/mol. The molecule has 0 spiro atoms. The van der Waals surface area contributed by atoms with Gasteiger partial charge in [-0.3, -0.25) is 0 Å². The minimum Gasteiger partial charge on any atom is -0.345 e. The summed E-state index contributed by atoms with van der Waals surface area (Å²) in [5.41, 5.74) is 8.39. The third-order valence-corrected chi connectivity index (χ3v) is 2.65. The SMILES string of the molecule is CC(C)c1nc2c([nH]1)C[C@H](N)CC2. The van der Waals surface area contributed by atoms with Crippen molar-refractivity contribution in [3.8, 4) is 0 Å². The van der Waals surface area contributed by atoms with Crippen molar-refractivity contribution in [2.75, 3.05) is 0 Å². The van der Waals surface area contributed by atoms with E-state index < -0.39 is 0 Å². The van der Waals surface area contributed by atoms with Crippen molar-refractivity contribution >= 4 is 0 Å². The van der Waals surface area contributed by atoms with E-state index in [1.165, 1.54) is 11.4 Å². The highest BCUT2D eigenvalue weighted by atomic mass is 15.0. The molecule has 1 aliphatic carbocycles. The molecule has 3 heteroatoms. The summed E-state index contributed by atoms with van der Waals surface area (Å²) in [5.74, 6) is 1.60. The number of imidazole rings is 1. The Hall–Kier alpha value is -0.830. The second-order valence-electron chi connectivity index (χ2n) is 4.20. The van der Waals surface area contributed by atoms with Crippen LogP contribution in [0.3, 0.4) is 0 Å². The number of H-pyrrole nitrogens is 1. The average Bonchev–Trinajstić information content (AvgIpc) is 2.46. The molecular formula is C10H17N3. The molecule has 0 fully saturated rings. The number of aromatic nitrogens is 2. The summed E-state index contributed by atoms with van der Waals surface area (Å²) in [6.07, 6.45) is 3.09. The predicted octanol–water partition coefficient (Wildman–Crippen LogP) is 1.35. The molecule has 1 aliphatic rings. The lowest BCUT2D eigenvalue weighted by Crippen LogP contribution is -2.27. The molecule has 0 amide bonds. The Kier molecular flexibility index (Phi) is 2.12. The second kappa shape index (κ2) is 3.14. The van der Waals surface area contributed by atoms with Gasteiger partial charge in [-0.2, -0.15) is 0 Å². The number of rotatable bonds is 1. The van der Waals surface area contributed by atoms with Crippen molar-refractivity contribution < 1.29 is 0 Å². The van der Waals surface area contributed by atoms with E-state index in [4.69, 9.17) is 5.73 Å². The topological polar surface area (TPSA) is 54.7 Å². The van der Waals surface area contributed by atoms with Gasteiger partial charge in [0.2, 0.25) is 0 Å². The highest BCUT2D eigenvalue weighted by Gasteiger charge is 2.19. The molecule has 0 radical (unpaired) electrons. The second-order valence-corrected chi connectivity index (χ2v) is 4.20. The van der Waals surface area contributed by atoms with Crippen molar-refractivity contribution in [1.82, 2.24) is 9.97 Å². The van der Waals surface area contributed by atoms with Crippen LogP contribution in [0.1, 0.15) is 43.4 Å². The maximum absolute atomic E-state index is 5.89. The molecule has 0 aromatic carbocycles. The van der Waals surface area contributed by atoms with E-state index in [0.29, 0.717) is 12.0 Å². The number of aryl methyl sites for hydroxylation is 1. The lowest BCUT2D eigenvalue weighted by atomic mass is 9.97. The van der Waals surface area contributed by atoms with Crippen LogP contribution in [-0.4, -0.2) is 16.0 Å². The Labute approximate surface area is 78.7 Å². The van der Waals surface area contributed by atoms with Crippen LogP contribution in [0.4, 0.5) is 0 Å². The molecule has 0 saturated heterocycles. The minimum absolute atomic E-state index is 0.327. The molecule has 1 heterocycles. The third-order valence-electron chi connectivity index (χ3n) is 2.65. The van der Waals surface area contributed by atoms with Crippen LogP contribution in [-0.2, 0) is 12.8 Å². The number of nitrogens with two attached hydrogens (primary N) is 1. The molecule has 3 N–H and O–H groups in total. The summed E-state index contributed by atoms with van der Waals surface area (Å²) in [7, 11) is 0. The highest BCUT2D eigenvalue weighted by Crippen LogP contribution is 2.21. The Morgan fingerprint density at radius 2 is 2.31 bits per heavy atom. The van der Waals surface area contributed by atoms with Crippen LogP contribution in [0, 0.1) is 0 Å². The molecule has 0 bridgehead atoms. The zero-order valence-electron chi connectivity index (χ0n) is 8.30. The van der Waals surface area contributed by atoms with Crippen LogP contribution in [0.2, 0.25) is 0 Å². The Balaban J connectivity index is 2.28. The number of aromatic amines is 1. The first-order valence-corrected chi connectivity index (χ1v) is 5.00. The van der Waals surface area contributed by atoms with Crippen LogP contribution in [0.5, 0.6) is 0 Å². The lowest BCUT2D eigenvalue weighted by molar-refractivity contribution is 0.565. The maximum Gasteiger partial charge on any atom is 0.109 e. The number of nitrogens with zero attached hydrogens (tertiary/aromatic N) is 1. The fraction of sp³-hybridized carbons (Fsp3) is 0.700. The standard InChI is InChI=1S/C10H17N3/c1-6(2)10-12-8-4-3-7(11)5-9(8)13-10/h6-7H,3-5,11H2,1-2H3,(H,12,13)/t7-/m1/s1. The van der Waals surface area contributed by atoms with Gasteiger partial charge < -0.3 is 10.7 Å². The van der Waals surface area contributed by atoms with Crippen LogP contribution >= 0.6 is 0 Å². The summed E-state index contributed by atoms with van der Waals surface area (Å²) in [5, 5.41) is 0. The monoisotopic (exact) mass is 179 g/mol. The van der Waals surface area contributed by atoms with Gasteiger partial charge in [-0.05, 0) is 12.8 Å². The molecule has 3 nitrogen and oxygen atoms in total. The van der Waals surface area contributed by atoms with Crippen molar-refractivity contribution in [3.63, 3.8) is 0 Å². The average molecular weight is 179 g/mol. The van der Waals surface area contributed by atoms with Gasteiger partial charge in [0.1, 0.15) is 5.82 Å². The summed E-state index contributed by atoms with van der Waals surface area (Å²) in [6, 6.07) is 0.327. The van der Waals surface area contributed by atoms with Crippen molar-refractivity contribution in [2.45, 2.75) is 45.1 Å². The van der Waals surface area contributed by atoms with Gasteiger partial charge in [0.15, 0.2) is 0 Å². The van der Waals surface area contributed by atoms with Crippen molar-refractivity contribution in [1.29, 1.82) is 0 Å². The van der Waals surface area contributed by atoms with Gasteiger partial charge in [0, 0.05) is 24.1 Å². The molecular weight excluding hydrogens is 162 g/mol. The van der Waals surface area contributed by atoms with Crippen LogP contribution in [0.15, 0.2) is 0 Å². The van der Waals surface area contributed by atoms with Gasteiger partial charge in [-0.15, -0.1) is 0 Å². The molecule has 2 rings (SSSR count). The summed E-state index contributed by atoms with van der Waals surface area (Å²) < 4.78 is 0. The Bertz CT molecular complexity index is 301. The summed E-state index contributed by atoms with van der Waals surface area (Å²) >= 11 is 0. The van der Waals surface area contributed by atoms with Gasteiger partial charge in [-0.25, -0.2) is 4.98 Å². The highest BCUT2D eigenvalue weighted by molar-refractivity contribution is 5.20. The zero-order chi connectivity index (χ0) is 9.42. The van der Waals surface area contributed by atoms with E-state index in [-0.39, 0.29) is 0 Å². The van der Waals surface area contributed by atoms with Crippen molar-refractivity contribution in [2.24, 2.45) is 5.73 Å². The van der Waals surface area contributed by atoms with Gasteiger partial charge in [0.05, 0.1) is 5.69 Å². The van der Waals surface area contributed by atoms with E-state index in [9.17, 15) is 0 Å². The van der Waals surface area contributed by atoms with E-state index >= 15 is 0 Å². The Morgan fingerprint density at radius 1 is 1.54 bits per heavy atom. The fourth-order valence-electron chi connectivity index (χ4n) is 1.80. The fourth-order valence-corrected chi connectivity index (χ4v) is 1.80. The lowest BCUT2D eigenvalue weighted by Gasteiger charge is -2.16. The minimum atomic E-state index is 0.327. The van der Waals surface area contributed by atoms with E-state index in [1.54, 1.807) is 0 Å². The number of nitrogens with one attached hydrogen (secondary N) is 1. The molecule has 72 valence electrons. The largest absolute Gasteiger partial charge is 0.345 e. The normalized spacial score (nSPS) is 22.0. The number of hydrogen-bond acceptors (Lipinski definition) is 2. The quantitative estimate of drug-likeness (QED) is 0.683. The van der Waals surface area contributed by atoms with E-state index in [1.807, 2.05) is 0 Å². The number of fused-ring (bicyclic) bond motifs is 1. The first kappa shape index (κ1) is 8.75. The van der Waals surface area contributed by atoms with Gasteiger partial charge in [0.25, 0.3) is 0 Å². The van der Waals surface area contributed by atoms with Gasteiger partial charge in [-0.1, -0.05) is 13.8 Å². The number of hydrogen-bond donors (Lipinski definition) is 2. The maximum atomic E-state index is 5.89. The summed E-state index contributed by atoms with van der Waals surface area (Å²) in [4.78, 5) is 7.95. The van der Waals surface area contributed by atoms with E-state index in [2.05, 4.69) is 23.8 Å². The van der Waals surface area contributed by atoms with Crippen LogP contribution in [0.25, 0.3) is 0 Å². The molecule has 1 aromatic heterocycles. The van der Waals surface area contributed by atoms with Crippen molar-refractivity contribution in [3.05, 3.63) is 17.2 Å². The molecule has 1 atom stereocenters. The van der Waals surface area contributed by atoms with Gasteiger partial charge >= 0.3 is 0 Å². The first-order chi connectivity index (χ1) is 6.16. The molecule has 0 aliphatic heterocycles. The van der Waals surface area contributed by atoms with Crippen LogP contribution < -0.4 is 5.73 Å². The molecule has 0 saturated carbocycles. The third kappa shape index (κ3) is 1.61. The summed E-state index contributed by atoms with van der Waals surface area (Å²) in [6.45, 7) is 4.31. The first-order valence-electron chi connectivity index (χ1n) is 5.00. The Morgan fingerprint density at radius 3 is 3.00 bits per heavy atom. The van der Waals surface area contributed by atoms with E-state index in [0.717, 1.165) is 25.1 Å².